The lowest BCUT2D eigenvalue weighted by molar-refractivity contribution is -0.384. The number of pyridine rings is 1. The standard InChI is InChI=1S/C23H21N3O6/c1-13(22(27)25-19-12-14(26(29)30)10-11-20(19)31-2)32-23(28)21-15-6-3-4-8-17(15)24-18-9-5-7-16(18)21/h3-4,6,8,10-13H,5,7,9H2,1-2H3,(H,25,27). The summed E-state index contributed by atoms with van der Waals surface area (Å²) in [6.07, 6.45) is 1.28. The molecule has 1 aliphatic carbocycles. The van der Waals surface area contributed by atoms with E-state index in [4.69, 9.17) is 9.47 Å². The summed E-state index contributed by atoms with van der Waals surface area (Å²) in [5.74, 6) is -0.983. The molecule has 0 saturated carbocycles. The lowest BCUT2D eigenvalue weighted by Gasteiger charge is -2.17. The predicted octanol–water partition coefficient (Wildman–Crippen LogP) is 3.82. The van der Waals surface area contributed by atoms with Gasteiger partial charge in [0, 0.05) is 23.2 Å². The Balaban J connectivity index is 1.57. The average molecular weight is 435 g/mol. The first kappa shape index (κ1) is 21.2. The van der Waals surface area contributed by atoms with Gasteiger partial charge in [0.1, 0.15) is 5.75 Å². The maximum atomic E-state index is 13.1. The van der Waals surface area contributed by atoms with Crippen molar-refractivity contribution in [3.05, 3.63) is 69.4 Å². The Morgan fingerprint density at radius 3 is 2.72 bits per heavy atom. The van der Waals surface area contributed by atoms with Crippen molar-refractivity contribution >= 4 is 34.2 Å². The maximum absolute atomic E-state index is 13.1. The van der Waals surface area contributed by atoms with Gasteiger partial charge in [0.15, 0.2) is 6.10 Å². The van der Waals surface area contributed by atoms with Gasteiger partial charge in [-0.05, 0) is 43.9 Å². The monoisotopic (exact) mass is 435 g/mol. The maximum Gasteiger partial charge on any atom is 0.339 e. The fourth-order valence-electron chi connectivity index (χ4n) is 3.86. The van der Waals surface area contributed by atoms with Gasteiger partial charge in [0.05, 0.1) is 28.8 Å². The minimum atomic E-state index is -1.14. The molecular weight excluding hydrogens is 414 g/mol. The minimum Gasteiger partial charge on any atom is -0.495 e. The molecule has 0 fully saturated rings. The van der Waals surface area contributed by atoms with Gasteiger partial charge in [-0.2, -0.15) is 0 Å². The molecule has 1 unspecified atom stereocenters. The van der Waals surface area contributed by atoms with E-state index in [-0.39, 0.29) is 17.1 Å². The number of amides is 1. The molecule has 1 aliphatic rings. The molecule has 9 nitrogen and oxygen atoms in total. The molecule has 9 heteroatoms. The van der Waals surface area contributed by atoms with Crippen LogP contribution in [0.1, 0.15) is 35.0 Å². The number of carbonyl (C=O) groups excluding carboxylic acids is 2. The van der Waals surface area contributed by atoms with Gasteiger partial charge in [-0.25, -0.2) is 4.79 Å². The van der Waals surface area contributed by atoms with Gasteiger partial charge < -0.3 is 14.8 Å². The Labute approximate surface area is 183 Å². The smallest absolute Gasteiger partial charge is 0.339 e. The molecule has 0 saturated heterocycles. The number of carbonyl (C=O) groups is 2. The second kappa shape index (κ2) is 8.62. The van der Waals surface area contributed by atoms with Crippen LogP contribution in [-0.2, 0) is 22.4 Å². The molecule has 1 atom stereocenters. The van der Waals surface area contributed by atoms with E-state index < -0.39 is 22.9 Å². The molecule has 2 aromatic carbocycles. The number of hydrogen-bond acceptors (Lipinski definition) is 7. The number of anilines is 1. The highest BCUT2D eigenvalue weighted by Gasteiger charge is 2.27. The number of fused-ring (bicyclic) bond motifs is 2. The van der Waals surface area contributed by atoms with E-state index in [1.54, 1.807) is 0 Å². The molecule has 32 heavy (non-hydrogen) atoms. The fraction of sp³-hybridized carbons (Fsp3) is 0.261. The molecule has 1 aromatic heterocycles. The van der Waals surface area contributed by atoms with Crippen molar-refractivity contribution < 1.29 is 24.0 Å². The van der Waals surface area contributed by atoms with Crippen LogP contribution >= 0.6 is 0 Å². The summed E-state index contributed by atoms with van der Waals surface area (Å²) in [6.45, 7) is 1.45. The predicted molar refractivity (Wildman–Crippen MR) is 117 cm³/mol. The summed E-state index contributed by atoms with van der Waals surface area (Å²) in [4.78, 5) is 40.9. The van der Waals surface area contributed by atoms with E-state index in [0.717, 1.165) is 30.5 Å². The second-order valence-corrected chi connectivity index (χ2v) is 7.46. The van der Waals surface area contributed by atoms with Crippen molar-refractivity contribution in [2.24, 2.45) is 0 Å². The van der Waals surface area contributed by atoms with E-state index in [1.165, 1.54) is 32.2 Å². The number of hydrogen-bond donors (Lipinski definition) is 1. The van der Waals surface area contributed by atoms with Crippen LogP contribution in [0.4, 0.5) is 11.4 Å². The molecule has 0 aliphatic heterocycles. The van der Waals surface area contributed by atoms with Crippen molar-refractivity contribution in [3.8, 4) is 5.75 Å². The van der Waals surface area contributed by atoms with E-state index in [0.29, 0.717) is 16.5 Å². The Morgan fingerprint density at radius 2 is 1.97 bits per heavy atom. The second-order valence-electron chi connectivity index (χ2n) is 7.46. The third-order valence-electron chi connectivity index (χ3n) is 5.43. The van der Waals surface area contributed by atoms with Gasteiger partial charge in [-0.1, -0.05) is 18.2 Å². The van der Waals surface area contributed by atoms with E-state index in [2.05, 4.69) is 10.3 Å². The summed E-state index contributed by atoms with van der Waals surface area (Å²) < 4.78 is 10.7. The number of methoxy groups -OCH3 is 1. The van der Waals surface area contributed by atoms with E-state index in [1.807, 2.05) is 24.3 Å². The lowest BCUT2D eigenvalue weighted by Crippen LogP contribution is -2.30. The molecular formula is C23H21N3O6. The molecule has 0 bridgehead atoms. The number of non-ortho nitro benzene ring substituents is 1. The average Bonchev–Trinajstić information content (AvgIpc) is 3.24. The van der Waals surface area contributed by atoms with Crippen molar-refractivity contribution in [2.75, 3.05) is 12.4 Å². The number of esters is 1. The summed E-state index contributed by atoms with van der Waals surface area (Å²) >= 11 is 0. The first-order valence-electron chi connectivity index (χ1n) is 10.1. The number of nitrogens with one attached hydrogen (secondary N) is 1. The number of benzene rings is 2. The van der Waals surface area contributed by atoms with Crippen LogP contribution < -0.4 is 10.1 Å². The Bertz CT molecular complexity index is 1240. The quantitative estimate of drug-likeness (QED) is 0.355. The summed E-state index contributed by atoms with van der Waals surface area (Å²) in [5, 5.41) is 14.3. The van der Waals surface area contributed by atoms with E-state index in [9.17, 15) is 19.7 Å². The van der Waals surface area contributed by atoms with Crippen LogP contribution in [0.25, 0.3) is 10.9 Å². The van der Waals surface area contributed by atoms with Crippen molar-refractivity contribution in [2.45, 2.75) is 32.3 Å². The number of nitrogens with zero attached hydrogens (tertiary/aromatic N) is 2. The Morgan fingerprint density at radius 1 is 1.19 bits per heavy atom. The third kappa shape index (κ3) is 3.96. The highest BCUT2D eigenvalue weighted by Crippen LogP contribution is 2.31. The van der Waals surface area contributed by atoms with Gasteiger partial charge in [0.25, 0.3) is 11.6 Å². The molecule has 1 N–H and O–H groups in total. The van der Waals surface area contributed by atoms with E-state index >= 15 is 0 Å². The van der Waals surface area contributed by atoms with Crippen LogP contribution in [0.2, 0.25) is 0 Å². The summed E-state index contributed by atoms with van der Waals surface area (Å²) in [6, 6.07) is 11.2. The first-order chi connectivity index (χ1) is 15.4. The summed E-state index contributed by atoms with van der Waals surface area (Å²) in [7, 11) is 1.38. The number of ether oxygens (including phenoxy) is 2. The highest BCUT2D eigenvalue weighted by atomic mass is 16.6. The Kier molecular flexibility index (Phi) is 5.72. The molecule has 0 spiro atoms. The number of aryl methyl sites for hydroxylation is 1. The van der Waals surface area contributed by atoms with Crippen LogP contribution in [0.15, 0.2) is 42.5 Å². The number of para-hydroxylation sites is 1. The lowest BCUT2D eigenvalue weighted by atomic mass is 10.0. The number of rotatable bonds is 6. The zero-order valence-electron chi connectivity index (χ0n) is 17.6. The van der Waals surface area contributed by atoms with Crippen LogP contribution in [0.5, 0.6) is 5.75 Å². The van der Waals surface area contributed by atoms with Gasteiger partial charge in [0.2, 0.25) is 0 Å². The van der Waals surface area contributed by atoms with Crippen LogP contribution in [0.3, 0.4) is 0 Å². The fourth-order valence-corrected chi connectivity index (χ4v) is 3.86. The highest BCUT2D eigenvalue weighted by molar-refractivity contribution is 6.06. The zero-order valence-corrected chi connectivity index (χ0v) is 17.6. The van der Waals surface area contributed by atoms with Crippen molar-refractivity contribution in [1.29, 1.82) is 0 Å². The molecule has 1 amide bonds. The van der Waals surface area contributed by atoms with Gasteiger partial charge in [-0.3, -0.25) is 19.9 Å². The topological polar surface area (TPSA) is 121 Å². The number of nitro benzene ring substituents is 1. The first-order valence-corrected chi connectivity index (χ1v) is 10.1. The number of aromatic nitrogens is 1. The molecule has 3 aromatic rings. The normalized spacial score (nSPS) is 13.3. The third-order valence-corrected chi connectivity index (χ3v) is 5.43. The largest absolute Gasteiger partial charge is 0.495 e. The van der Waals surface area contributed by atoms with Crippen LogP contribution in [0, 0.1) is 10.1 Å². The summed E-state index contributed by atoms with van der Waals surface area (Å²) in [5.41, 5.74) is 2.80. The molecule has 164 valence electrons. The molecule has 0 radical (unpaired) electrons. The Hall–Kier alpha value is -4.01. The van der Waals surface area contributed by atoms with Gasteiger partial charge in [-0.15, -0.1) is 0 Å². The molecule has 1 heterocycles. The minimum absolute atomic E-state index is 0.116. The van der Waals surface area contributed by atoms with Gasteiger partial charge >= 0.3 is 5.97 Å². The SMILES string of the molecule is COc1ccc([N+](=O)[O-])cc1NC(=O)C(C)OC(=O)c1c2c(nc3ccccc13)CCC2. The molecule has 4 rings (SSSR count). The zero-order chi connectivity index (χ0) is 22.8. The van der Waals surface area contributed by atoms with Crippen molar-refractivity contribution in [1.82, 2.24) is 4.98 Å². The van der Waals surface area contributed by atoms with Crippen molar-refractivity contribution in [3.63, 3.8) is 0 Å². The number of nitro groups is 1. The van der Waals surface area contributed by atoms with Crippen LogP contribution in [-0.4, -0.2) is 35.0 Å².